The summed E-state index contributed by atoms with van der Waals surface area (Å²) in [6.45, 7) is 3.93. The minimum atomic E-state index is -0.240. The number of amides is 1. The normalized spacial score (nSPS) is 12.3. The molecule has 0 spiro atoms. The quantitative estimate of drug-likeness (QED) is 0.532. The zero-order chi connectivity index (χ0) is 20.4. The summed E-state index contributed by atoms with van der Waals surface area (Å²) >= 11 is 0. The van der Waals surface area contributed by atoms with E-state index in [0.29, 0.717) is 11.0 Å². The van der Waals surface area contributed by atoms with E-state index in [-0.39, 0.29) is 24.1 Å². The first kappa shape index (κ1) is 18.9. The third-order valence-electron chi connectivity index (χ3n) is 5.16. The Balaban J connectivity index is 1.46. The molecular formula is C23H24N4O2. The molecule has 1 amide bonds. The lowest BCUT2D eigenvalue weighted by Gasteiger charge is -2.14. The average Bonchev–Trinajstić information content (AvgIpc) is 3.08. The minimum absolute atomic E-state index is 0.0196. The van der Waals surface area contributed by atoms with Gasteiger partial charge in [-0.15, -0.1) is 0 Å². The first-order valence-electron chi connectivity index (χ1n) is 9.82. The lowest BCUT2D eigenvalue weighted by molar-refractivity contribution is -0.122. The van der Waals surface area contributed by atoms with E-state index in [0.717, 1.165) is 29.3 Å². The van der Waals surface area contributed by atoms with Crippen LogP contribution in [0.3, 0.4) is 0 Å². The van der Waals surface area contributed by atoms with Crippen molar-refractivity contribution in [1.82, 2.24) is 19.9 Å². The van der Waals surface area contributed by atoms with E-state index < -0.39 is 0 Å². The lowest BCUT2D eigenvalue weighted by Crippen LogP contribution is -2.37. The first-order valence-corrected chi connectivity index (χ1v) is 9.82. The van der Waals surface area contributed by atoms with Crippen molar-refractivity contribution in [3.8, 4) is 0 Å². The van der Waals surface area contributed by atoms with Gasteiger partial charge in [0.1, 0.15) is 17.6 Å². The molecule has 0 aliphatic rings. The molecule has 0 saturated heterocycles. The van der Waals surface area contributed by atoms with Gasteiger partial charge >= 0.3 is 0 Å². The molecule has 4 aromatic rings. The number of carbonyl (C=O) groups excluding carboxylic acids is 1. The molecule has 0 saturated carbocycles. The fraction of sp³-hybridized carbons (Fsp3) is 0.261. The average molecular weight is 388 g/mol. The summed E-state index contributed by atoms with van der Waals surface area (Å²) in [5, 5.41) is 3.89. The summed E-state index contributed by atoms with van der Waals surface area (Å²) in [5.74, 6) is -0.194. The SMILES string of the molecule is Cc1ccc2[nH]c3c(=O)n(CC(=O)N[C@@H](C)CCc4ccccc4)cnc3c2c1. The van der Waals surface area contributed by atoms with Gasteiger partial charge < -0.3 is 10.3 Å². The maximum absolute atomic E-state index is 12.8. The standard InChI is InChI=1S/C23H24N4O2/c1-15-8-11-19-18(12-15)21-22(26-19)23(29)27(14-24-21)13-20(28)25-16(2)9-10-17-6-4-3-5-7-17/h3-8,11-12,14,16,26H,9-10,13H2,1-2H3,(H,25,28)/t16-/m0/s1. The van der Waals surface area contributed by atoms with Gasteiger partial charge in [0.05, 0.1) is 6.33 Å². The second-order valence-corrected chi connectivity index (χ2v) is 7.57. The number of H-pyrrole nitrogens is 1. The van der Waals surface area contributed by atoms with E-state index in [1.807, 2.05) is 50.2 Å². The van der Waals surface area contributed by atoms with Crippen LogP contribution in [-0.4, -0.2) is 26.5 Å². The first-order chi connectivity index (χ1) is 14.0. The van der Waals surface area contributed by atoms with Crippen molar-refractivity contribution >= 4 is 27.8 Å². The van der Waals surface area contributed by atoms with Gasteiger partial charge in [0, 0.05) is 16.9 Å². The van der Waals surface area contributed by atoms with Crippen molar-refractivity contribution in [3.05, 3.63) is 76.3 Å². The number of rotatable bonds is 6. The molecule has 0 unspecified atom stereocenters. The topological polar surface area (TPSA) is 79.8 Å². The zero-order valence-electron chi connectivity index (χ0n) is 16.6. The van der Waals surface area contributed by atoms with Crippen LogP contribution in [-0.2, 0) is 17.8 Å². The molecular weight excluding hydrogens is 364 g/mol. The number of hydrogen-bond donors (Lipinski definition) is 2. The van der Waals surface area contributed by atoms with Gasteiger partial charge in [0.2, 0.25) is 5.91 Å². The predicted octanol–water partition coefficient (Wildman–Crippen LogP) is 3.32. The highest BCUT2D eigenvalue weighted by Gasteiger charge is 2.14. The highest BCUT2D eigenvalue weighted by molar-refractivity contribution is 6.04. The lowest BCUT2D eigenvalue weighted by atomic mass is 10.1. The molecule has 0 fully saturated rings. The number of nitrogens with one attached hydrogen (secondary N) is 2. The third kappa shape index (κ3) is 4.06. The second kappa shape index (κ2) is 7.91. The molecule has 148 valence electrons. The van der Waals surface area contributed by atoms with E-state index in [4.69, 9.17) is 0 Å². The van der Waals surface area contributed by atoms with Crippen molar-refractivity contribution in [1.29, 1.82) is 0 Å². The summed E-state index contributed by atoms with van der Waals surface area (Å²) in [7, 11) is 0. The van der Waals surface area contributed by atoms with Gasteiger partial charge in [-0.05, 0) is 44.4 Å². The van der Waals surface area contributed by atoms with E-state index in [2.05, 4.69) is 27.4 Å². The fourth-order valence-corrected chi connectivity index (χ4v) is 3.59. The number of aromatic amines is 1. The Morgan fingerprint density at radius 1 is 1.21 bits per heavy atom. The Hall–Kier alpha value is -3.41. The van der Waals surface area contributed by atoms with Crippen LogP contribution in [0, 0.1) is 6.92 Å². The Morgan fingerprint density at radius 2 is 2.00 bits per heavy atom. The van der Waals surface area contributed by atoms with E-state index in [1.54, 1.807) is 0 Å². The molecule has 0 aliphatic heterocycles. The van der Waals surface area contributed by atoms with Gasteiger partial charge in [-0.2, -0.15) is 0 Å². The van der Waals surface area contributed by atoms with Crippen LogP contribution in [0.1, 0.15) is 24.5 Å². The Morgan fingerprint density at radius 3 is 2.79 bits per heavy atom. The van der Waals surface area contributed by atoms with Gasteiger partial charge in [0.25, 0.3) is 5.56 Å². The van der Waals surface area contributed by atoms with Crippen LogP contribution in [0.15, 0.2) is 59.7 Å². The van der Waals surface area contributed by atoms with E-state index in [9.17, 15) is 9.59 Å². The summed E-state index contributed by atoms with van der Waals surface area (Å²) < 4.78 is 1.35. The monoisotopic (exact) mass is 388 g/mol. The van der Waals surface area contributed by atoms with Crippen LogP contribution in [0.5, 0.6) is 0 Å². The largest absolute Gasteiger partial charge is 0.352 e. The Kier molecular flexibility index (Phi) is 5.16. The number of aryl methyl sites for hydroxylation is 2. The number of aromatic nitrogens is 3. The van der Waals surface area contributed by atoms with Crippen LogP contribution in [0.4, 0.5) is 0 Å². The molecule has 6 nitrogen and oxygen atoms in total. The van der Waals surface area contributed by atoms with Crippen molar-refractivity contribution in [2.75, 3.05) is 0 Å². The smallest absolute Gasteiger partial charge is 0.278 e. The second-order valence-electron chi connectivity index (χ2n) is 7.57. The number of carbonyl (C=O) groups is 1. The van der Waals surface area contributed by atoms with Gasteiger partial charge in [-0.3, -0.25) is 14.2 Å². The van der Waals surface area contributed by atoms with Crippen LogP contribution < -0.4 is 10.9 Å². The molecule has 0 bridgehead atoms. The predicted molar refractivity (Wildman–Crippen MR) is 115 cm³/mol. The Labute approximate surface area is 168 Å². The summed E-state index contributed by atoms with van der Waals surface area (Å²) in [6.07, 6.45) is 3.18. The fourth-order valence-electron chi connectivity index (χ4n) is 3.59. The summed E-state index contributed by atoms with van der Waals surface area (Å²) in [6, 6.07) is 16.1. The molecule has 0 radical (unpaired) electrons. The molecule has 2 aromatic carbocycles. The van der Waals surface area contributed by atoms with E-state index in [1.165, 1.54) is 16.5 Å². The van der Waals surface area contributed by atoms with Gasteiger partial charge in [-0.1, -0.05) is 42.0 Å². The van der Waals surface area contributed by atoms with Crippen LogP contribution in [0.25, 0.3) is 21.9 Å². The highest BCUT2D eigenvalue weighted by atomic mass is 16.2. The number of fused-ring (bicyclic) bond motifs is 3. The molecule has 6 heteroatoms. The summed E-state index contributed by atoms with van der Waals surface area (Å²) in [5.41, 5.74) is 4.05. The molecule has 1 atom stereocenters. The minimum Gasteiger partial charge on any atom is -0.352 e. The number of nitrogens with zero attached hydrogens (tertiary/aromatic N) is 2. The van der Waals surface area contributed by atoms with Crippen molar-refractivity contribution in [3.63, 3.8) is 0 Å². The van der Waals surface area contributed by atoms with E-state index >= 15 is 0 Å². The van der Waals surface area contributed by atoms with Crippen molar-refractivity contribution in [2.45, 2.75) is 39.3 Å². The Bertz CT molecular complexity index is 1220. The van der Waals surface area contributed by atoms with Crippen molar-refractivity contribution < 1.29 is 4.79 Å². The summed E-state index contributed by atoms with van der Waals surface area (Å²) in [4.78, 5) is 32.8. The van der Waals surface area contributed by atoms with Crippen LogP contribution in [0.2, 0.25) is 0 Å². The molecule has 0 aliphatic carbocycles. The third-order valence-corrected chi connectivity index (χ3v) is 5.16. The van der Waals surface area contributed by atoms with Crippen LogP contribution >= 0.6 is 0 Å². The zero-order valence-corrected chi connectivity index (χ0v) is 16.6. The number of hydrogen-bond acceptors (Lipinski definition) is 3. The molecule has 2 aromatic heterocycles. The molecule has 29 heavy (non-hydrogen) atoms. The number of benzene rings is 2. The maximum Gasteiger partial charge on any atom is 0.278 e. The maximum atomic E-state index is 12.8. The van der Waals surface area contributed by atoms with Crippen molar-refractivity contribution in [2.24, 2.45) is 0 Å². The molecule has 2 heterocycles. The molecule has 4 rings (SSSR count). The highest BCUT2D eigenvalue weighted by Crippen LogP contribution is 2.22. The van der Waals surface area contributed by atoms with Gasteiger partial charge in [0.15, 0.2) is 0 Å². The van der Waals surface area contributed by atoms with Gasteiger partial charge in [-0.25, -0.2) is 4.98 Å². The molecule has 2 N–H and O–H groups in total.